The minimum atomic E-state index is -0.718. The molecule has 0 aliphatic rings. The molecular formula is C14H13BrF2N2O. The SMILES string of the molecule is CC(C)n1ncc(Br)c1C(=O)Cc1ccc(F)cc1F. The second-order valence-electron chi connectivity index (χ2n) is 4.72. The summed E-state index contributed by atoms with van der Waals surface area (Å²) in [6, 6.07) is 3.21. The van der Waals surface area contributed by atoms with Gasteiger partial charge in [0.25, 0.3) is 0 Å². The zero-order valence-corrected chi connectivity index (χ0v) is 12.6. The molecule has 0 saturated carbocycles. The van der Waals surface area contributed by atoms with Gasteiger partial charge in [0.1, 0.15) is 17.3 Å². The number of hydrogen-bond acceptors (Lipinski definition) is 2. The van der Waals surface area contributed by atoms with Crippen molar-refractivity contribution >= 4 is 21.7 Å². The Labute approximate surface area is 123 Å². The standard InChI is InChI=1S/C14H13BrF2N2O/c1-8(2)19-14(11(15)7-18-19)13(20)5-9-3-4-10(16)6-12(9)17/h3-4,6-8H,5H2,1-2H3. The molecule has 0 atom stereocenters. The van der Waals surface area contributed by atoms with Crippen LogP contribution in [-0.4, -0.2) is 15.6 Å². The van der Waals surface area contributed by atoms with Crippen LogP contribution < -0.4 is 0 Å². The van der Waals surface area contributed by atoms with Crippen molar-refractivity contribution in [2.75, 3.05) is 0 Å². The highest BCUT2D eigenvalue weighted by Crippen LogP contribution is 2.22. The molecule has 0 aliphatic heterocycles. The van der Waals surface area contributed by atoms with Crippen molar-refractivity contribution in [3.63, 3.8) is 0 Å². The molecule has 3 nitrogen and oxygen atoms in total. The lowest BCUT2D eigenvalue weighted by molar-refractivity contribution is 0.0979. The highest BCUT2D eigenvalue weighted by Gasteiger charge is 2.20. The second kappa shape index (κ2) is 5.83. The predicted molar refractivity (Wildman–Crippen MR) is 74.7 cm³/mol. The number of nitrogens with zero attached hydrogens (tertiary/aromatic N) is 2. The Morgan fingerprint density at radius 3 is 2.70 bits per heavy atom. The van der Waals surface area contributed by atoms with E-state index in [0.717, 1.165) is 12.1 Å². The Balaban J connectivity index is 2.31. The molecule has 6 heteroatoms. The van der Waals surface area contributed by atoms with Gasteiger partial charge in [-0.05, 0) is 41.4 Å². The van der Waals surface area contributed by atoms with Crippen molar-refractivity contribution in [1.82, 2.24) is 9.78 Å². The summed E-state index contributed by atoms with van der Waals surface area (Å²) < 4.78 is 28.6. The van der Waals surface area contributed by atoms with E-state index in [2.05, 4.69) is 21.0 Å². The third-order valence-corrected chi connectivity index (χ3v) is 3.45. The number of rotatable bonds is 4. The van der Waals surface area contributed by atoms with E-state index in [9.17, 15) is 13.6 Å². The number of halogens is 3. The molecule has 0 unspecified atom stereocenters. The van der Waals surface area contributed by atoms with E-state index in [1.54, 1.807) is 4.68 Å². The molecule has 2 rings (SSSR count). The van der Waals surface area contributed by atoms with Crippen molar-refractivity contribution in [2.24, 2.45) is 0 Å². The van der Waals surface area contributed by atoms with Gasteiger partial charge in [0.2, 0.25) is 0 Å². The zero-order valence-electron chi connectivity index (χ0n) is 11.0. The van der Waals surface area contributed by atoms with E-state index in [-0.39, 0.29) is 23.8 Å². The van der Waals surface area contributed by atoms with Gasteiger partial charge in [0, 0.05) is 18.5 Å². The van der Waals surface area contributed by atoms with Crippen LogP contribution in [0.3, 0.4) is 0 Å². The summed E-state index contributed by atoms with van der Waals surface area (Å²) >= 11 is 3.27. The lowest BCUT2D eigenvalue weighted by Gasteiger charge is -2.11. The van der Waals surface area contributed by atoms with Crippen LogP contribution in [0.25, 0.3) is 0 Å². The van der Waals surface area contributed by atoms with E-state index in [4.69, 9.17) is 0 Å². The van der Waals surface area contributed by atoms with E-state index in [0.29, 0.717) is 10.2 Å². The maximum Gasteiger partial charge on any atom is 0.186 e. The van der Waals surface area contributed by atoms with Crippen LogP contribution in [-0.2, 0) is 6.42 Å². The molecule has 0 aliphatic carbocycles. The summed E-state index contributed by atoms with van der Waals surface area (Å²) in [6.07, 6.45) is 1.40. The van der Waals surface area contributed by atoms with Crippen LogP contribution in [0, 0.1) is 11.6 Å². The highest BCUT2D eigenvalue weighted by molar-refractivity contribution is 9.10. The Bertz CT molecular complexity index is 653. The summed E-state index contributed by atoms with van der Waals surface area (Å²) in [7, 11) is 0. The Hall–Kier alpha value is -1.56. The van der Waals surface area contributed by atoms with Crippen LogP contribution in [0.5, 0.6) is 0 Å². The summed E-state index contributed by atoms with van der Waals surface area (Å²) in [5, 5.41) is 4.11. The molecule has 0 spiro atoms. The van der Waals surface area contributed by atoms with E-state index >= 15 is 0 Å². The fourth-order valence-electron chi connectivity index (χ4n) is 1.92. The predicted octanol–water partition coefficient (Wildman–Crippen LogP) is 3.93. The zero-order chi connectivity index (χ0) is 14.9. The van der Waals surface area contributed by atoms with E-state index in [1.807, 2.05) is 13.8 Å². The van der Waals surface area contributed by atoms with E-state index < -0.39 is 11.6 Å². The van der Waals surface area contributed by atoms with Crippen molar-refractivity contribution in [3.05, 3.63) is 51.8 Å². The minimum Gasteiger partial charge on any atom is -0.292 e. The molecule has 2 aromatic rings. The van der Waals surface area contributed by atoms with Crippen LogP contribution in [0.2, 0.25) is 0 Å². The molecule has 0 fully saturated rings. The molecular weight excluding hydrogens is 330 g/mol. The van der Waals surface area contributed by atoms with Gasteiger partial charge < -0.3 is 0 Å². The largest absolute Gasteiger partial charge is 0.292 e. The van der Waals surface area contributed by atoms with Gasteiger partial charge in [-0.3, -0.25) is 9.48 Å². The number of carbonyl (C=O) groups is 1. The highest BCUT2D eigenvalue weighted by atomic mass is 79.9. The van der Waals surface area contributed by atoms with Gasteiger partial charge in [0.15, 0.2) is 5.78 Å². The first-order valence-electron chi connectivity index (χ1n) is 6.10. The smallest absolute Gasteiger partial charge is 0.186 e. The van der Waals surface area contributed by atoms with Gasteiger partial charge in [0.05, 0.1) is 10.7 Å². The molecule has 1 aromatic heterocycles. The van der Waals surface area contributed by atoms with Crippen LogP contribution in [0.4, 0.5) is 8.78 Å². The monoisotopic (exact) mass is 342 g/mol. The van der Waals surface area contributed by atoms with Gasteiger partial charge in [-0.1, -0.05) is 6.07 Å². The number of Topliss-reactive ketones (excluding diaryl/α,β-unsaturated/α-hetero) is 1. The molecule has 1 aromatic carbocycles. The Morgan fingerprint density at radius 1 is 1.40 bits per heavy atom. The van der Waals surface area contributed by atoms with Crippen molar-refractivity contribution in [3.8, 4) is 0 Å². The minimum absolute atomic E-state index is 0.0123. The van der Waals surface area contributed by atoms with Gasteiger partial charge >= 0.3 is 0 Å². The van der Waals surface area contributed by atoms with Gasteiger partial charge in [-0.15, -0.1) is 0 Å². The van der Waals surface area contributed by atoms with Gasteiger partial charge in [-0.2, -0.15) is 5.10 Å². The third-order valence-electron chi connectivity index (χ3n) is 2.87. The molecule has 0 bridgehead atoms. The summed E-state index contributed by atoms with van der Waals surface area (Å²) in [5.41, 5.74) is 0.559. The van der Waals surface area contributed by atoms with Crippen molar-refractivity contribution in [1.29, 1.82) is 0 Å². The first-order valence-corrected chi connectivity index (χ1v) is 6.89. The van der Waals surface area contributed by atoms with Crippen molar-refractivity contribution in [2.45, 2.75) is 26.3 Å². The lowest BCUT2D eigenvalue weighted by atomic mass is 10.1. The first kappa shape index (κ1) is 14.8. The number of benzene rings is 1. The van der Waals surface area contributed by atoms with Crippen molar-refractivity contribution < 1.29 is 13.6 Å². The number of aromatic nitrogens is 2. The topological polar surface area (TPSA) is 34.9 Å². The number of hydrogen-bond donors (Lipinski definition) is 0. The maximum atomic E-state index is 13.6. The lowest BCUT2D eigenvalue weighted by Crippen LogP contribution is -2.15. The third kappa shape index (κ3) is 2.95. The Morgan fingerprint density at radius 2 is 2.10 bits per heavy atom. The average molecular weight is 343 g/mol. The summed E-state index contributed by atoms with van der Waals surface area (Å²) in [4.78, 5) is 12.3. The molecule has 0 radical (unpaired) electrons. The number of ketones is 1. The molecule has 1 heterocycles. The Kier molecular flexibility index (Phi) is 4.32. The van der Waals surface area contributed by atoms with Crippen LogP contribution in [0.15, 0.2) is 28.9 Å². The molecule has 106 valence electrons. The van der Waals surface area contributed by atoms with Crippen LogP contribution in [0.1, 0.15) is 35.9 Å². The second-order valence-corrected chi connectivity index (χ2v) is 5.57. The maximum absolute atomic E-state index is 13.6. The average Bonchev–Trinajstić information content (AvgIpc) is 2.75. The molecule has 0 N–H and O–H groups in total. The summed E-state index contributed by atoms with van der Waals surface area (Å²) in [6.45, 7) is 3.80. The fourth-order valence-corrected chi connectivity index (χ4v) is 2.41. The van der Waals surface area contributed by atoms with Crippen LogP contribution >= 0.6 is 15.9 Å². The van der Waals surface area contributed by atoms with E-state index in [1.165, 1.54) is 12.3 Å². The fraction of sp³-hybridized carbons (Fsp3) is 0.286. The number of carbonyl (C=O) groups excluding carboxylic acids is 1. The summed E-state index contributed by atoms with van der Waals surface area (Å²) in [5.74, 6) is -1.65. The molecule has 0 saturated heterocycles. The quantitative estimate of drug-likeness (QED) is 0.789. The first-order chi connectivity index (χ1) is 9.40. The molecule has 20 heavy (non-hydrogen) atoms. The normalized spacial score (nSPS) is 11.1. The molecule has 0 amide bonds. The van der Waals surface area contributed by atoms with Gasteiger partial charge in [-0.25, -0.2) is 8.78 Å².